The number of aromatic amines is 1. The van der Waals surface area contributed by atoms with Crippen LogP contribution in [0.15, 0.2) is 30.3 Å². The lowest BCUT2D eigenvalue weighted by molar-refractivity contribution is 0.0783. The molecule has 1 N–H and O–H groups in total. The number of rotatable bonds is 4. The highest BCUT2D eigenvalue weighted by molar-refractivity contribution is 5.94. The van der Waals surface area contributed by atoms with E-state index in [1.165, 1.54) is 24.1 Å². The number of hydrogen-bond acceptors (Lipinski definition) is 3. The average Bonchev–Trinajstić information content (AvgIpc) is 3.24. The van der Waals surface area contributed by atoms with E-state index in [2.05, 4.69) is 15.3 Å². The van der Waals surface area contributed by atoms with Gasteiger partial charge in [0.2, 0.25) is 0 Å². The summed E-state index contributed by atoms with van der Waals surface area (Å²) < 4.78 is 1.89. The number of H-pyrrole nitrogens is 1. The second kappa shape index (κ2) is 7.02. The smallest absolute Gasteiger partial charge is 0.253 e. The molecule has 0 saturated carbocycles. The fourth-order valence-electron chi connectivity index (χ4n) is 3.83. The van der Waals surface area contributed by atoms with E-state index < -0.39 is 0 Å². The fourth-order valence-corrected chi connectivity index (χ4v) is 3.83. The Morgan fingerprint density at radius 2 is 1.93 bits per heavy atom. The van der Waals surface area contributed by atoms with Crippen molar-refractivity contribution in [2.45, 2.75) is 46.1 Å². The predicted octanol–water partition coefficient (Wildman–Crippen LogP) is 3.36. The van der Waals surface area contributed by atoms with Gasteiger partial charge in [-0.15, -0.1) is 0 Å². The zero-order valence-corrected chi connectivity index (χ0v) is 16.1. The van der Waals surface area contributed by atoms with Gasteiger partial charge in [0, 0.05) is 24.0 Å². The largest absolute Gasteiger partial charge is 0.336 e. The number of aromatic nitrogens is 4. The number of carbonyl (C=O) groups is 1. The van der Waals surface area contributed by atoms with Crippen LogP contribution in [0.5, 0.6) is 0 Å². The van der Waals surface area contributed by atoms with E-state index in [4.69, 9.17) is 0 Å². The number of nitrogens with one attached hydrogen (secondary N) is 1. The number of amides is 1. The third-order valence-electron chi connectivity index (χ3n) is 5.24. The van der Waals surface area contributed by atoms with Gasteiger partial charge in [-0.05, 0) is 75.4 Å². The van der Waals surface area contributed by atoms with Gasteiger partial charge in [-0.1, -0.05) is 0 Å². The Bertz CT molecular complexity index is 967. The van der Waals surface area contributed by atoms with Crippen LogP contribution >= 0.6 is 0 Å². The second-order valence-electron chi connectivity index (χ2n) is 7.38. The first kappa shape index (κ1) is 17.5. The van der Waals surface area contributed by atoms with Crippen LogP contribution in [0.1, 0.15) is 51.5 Å². The molecule has 1 aliphatic carbocycles. The van der Waals surface area contributed by atoms with Crippen LogP contribution in [0.3, 0.4) is 0 Å². The summed E-state index contributed by atoms with van der Waals surface area (Å²) in [6, 6.07) is 9.65. The number of fused-ring (bicyclic) bond motifs is 1. The topological polar surface area (TPSA) is 66.8 Å². The lowest BCUT2D eigenvalue weighted by Gasteiger charge is -2.18. The Morgan fingerprint density at radius 1 is 1.19 bits per heavy atom. The summed E-state index contributed by atoms with van der Waals surface area (Å²) in [4.78, 5) is 14.6. The Morgan fingerprint density at radius 3 is 2.63 bits per heavy atom. The molecule has 0 spiro atoms. The average molecular weight is 363 g/mol. The molecule has 1 aromatic carbocycles. The fraction of sp³-hybridized carbons (Fsp3) is 0.381. The van der Waals surface area contributed by atoms with Gasteiger partial charge in [0.1, 0.15) is 0 Å². The van der Waals surface area contributed by atoms with E-state index in [9.17, 15) is 4.79 Å². The zero-order valence-electron chi connectivity index (χ0n) is 16.1. The first-order valence-corrected chi connectivity index (χ1v) is 9.47. The van der Waals surface area contributed by atoms with Crippen molar-refractivity contribution in [1.82, 2.24) is 24.9 Å². The number of benzene rings is 1. The number of carbonyl (C=O) groups excluding carboxylic acids is 1. The van der Waals surface area contributed by atoms with Crippen molar-refractivity contribution < 1.29 is 4.79 Å². The van der Waals surface area contributed by atoms with Crippen LogP contribution in [0.25, 0.3) is 5.69 Å². The van der Waals surface area contributed by atoms with E-state index in [-0.39, 0.29) is 5.91 Å². The molecular weight excluding hydrogens is 338 g/mol. The molecular formula is C21H25N5O. The summed E-state index contributed by atoms with van der Waals surface area (Å²) in [7, 11) is 1.83. The van der Waals surface area contributed by atoms with Gasteiger partial charge >= 0.3 is 0 Å². The highest BCUT2D eigenvalue weighted by atomic mass is 16.2. The first-order chi connectivity index (χ1) is 13.0. The van der Waals surface area contributed by atoms with Gasteiger partial charge in [-0.3, -0.25) is 9.89 Å². The number of aryl methyl sites for hydroxylation is 3. The molecule has 0 aliphatic heterocycles. The minimum absolute atomic E-state index is 0.00229. The Hall–Kier alpha value is -2.89. The molecule has 6 nitrogen and oxygen atoms in total. The van der Waals surface area contributed by atoms with E-state index in [0.29, 0.717) is 12.1 Å². The van der Waals surface area contributed by atoms with E-state index in [1.807, 2.05) is 55.9 Å². The molecule has 0 fully saturated rings. The van der Waals surface area contributed by atoms with Crippen molar-refractivity contribution in [3.8, 4) is 5.69 Å². The summed E-state index contributed by atoms with van der Waals surface area (Å²) in [5.41, 5.74) is 7.24. The molecule has 6 heteroatoms. The molecule has 1 aliphatic rings. The lowest BCUT2D eigenvalue weighted by Crippen LogP contribution is -2.27. The minimum atomic E-state index is 0.00229. The SMILES string of the molecule is Cc1cc(C)n(-c2ccc(C(=O)N(C)Cc3n[nH]c4c3CCCC4)cc2)n1. The van der Waals surface area contributed by atoms with Gasteiger partial charge in [-0.25, -0.2) is 4.68 Å². The van der Waals surface area contributed by atoms with Gasteiger partial charge in [0.15, 0.2) is 0 Å². The molecule has 2 heterocycles. The maximum absolute atomic E-state index is 12.8. The van der Waals surface area contributed by atoms with Crippen molar-refractivity contribution >= 4 is 5.91 Å². The molecule has 0 radical (unpaired) electrons. The van der Waals surface area contributed by atoms with Crippen molar-refractivity contribution in [2.75, 3.05) is 7.05 Å². The van der Waals surface area contributed by atoms with Crippen molar-refractivity contribution in [3.05, 3.63) is 64.2 Å². The Balaban J connectivity index is 1.49. The summed E-state index contributed by atoms with van der Waals surface area (Å²) in [5, 5.41) is 12.1. The quantitative estimate of drug-likeness (QED) is 0.773. The Kier molecular flexibility index (Phi) is 4.56. The van der Waals surface area contributed by atoms with E-state index >= 15 is 0 Å². The summed E-state index contributed by atoms with van der Waals surface area (Å²) in [6.45, 7) is 4.53. The van der Waals surface area contributed by atoms with Crippen molar-refractivity contribution in [1.29, 1.82) is 0 Å². The highest BCUT2D eigenvalue weighted by Crippen LogP contribution is 2.23. The van der Waals surface area contributed by atoms with Crippen molar-refractivity contribution in [2.24, 2.45) is 0 Å². The standard InChI is InChI=1S/C21H25N5O/c1-14-12-15(2)26(24-14)17-10-8-16(9-11-17)21(27)25(3)13-20-18-6-4-5-7-19(18)22-23-20/h8-12H,4-7,13H2,1-3H3,(H,22,23). The summed E-state index contributed by atoms with van der Waals surface area (Å²) >= 11 is 0. The van der Waals surface area contributed by atoms with E-state index in [0.717, 1.165) is 35.6 Å². The number of nitrogens with zero attached hydrogens (tertiary/aromatic N) is 4. The summed E-state index contributed by atoms with van der Waals surface area (Å²) in [5.74, 6) is 0.00229. The first-order valence-electron chi connectivity index (χ1n) is 9.47. The summed E-state index contributed by atoms with van der Waals surface area (Å²) in [6.07, 6.45) is 4.53. The van der Waals surface area contributed by atoms with Gasteiger partial charge < -0.3 is 4.90 Å². The van der Waals surface area contributed by atoms with Crippen LogP contribution in [0.2, 0.25) is 0 Å². The maximum atomic E-state index is 12.8. The van der Waals surface area contributed by atoms with Crippen LogP contribution in [-0.4, -0.2) is 37.8 Å². The van der Waals surface area contributed by atoms with Crippen molar-refractivity contribution in [3.63, 3.8) is 0 Å². The molecule has 27 heavy (non-hydrogen) atoms. The predicted molar refractivity (Wildman–Crippen MR) is 104 cm³/mol. The normalized spacial score (nSPS) is 13.4. The van der Waals surface area contributed by atoms with E-state index in [1.54, 1.807) is 4.90 Å². The molecule has 4 rings (SSSR count). The molecule has 0 unspecified atom stereocenters. The molecule has 2 aromatic heterocycles. The third kappa shape index (κ3) is 3.39. The molecule has 0 bridgehead atoms. The second-order valence-corrected chi connectivity index (χ2v) is 7.38. The molecule has 1 amide bonds. The molecule has 3 aromatic rings. The van der Waals surface area contributed by atoms with Gasteiger partial charge in [0.05, 0.1) is 23.6 Å². The third-order valence-corrected chi connectivity index (χ3v) is 5.24. The number of hydrogen-bond donors (Lipinski definition) is 1. The lowest BCUT2D eigenvalue weighted by atomic mass is 9.96. The van der Waals surface area contributed by atoms with Gasteiger partial charge in [0.25, 0.3) is 5.91 Å². The highest BCUT2D eigenvalue weighted by Gasteiger charge is 2.20. The van der Waals surface area contributed by atoms with Crippen LogP contribution < -0.4 is 0 Å². The molecule has 0 atom stereocenters. The van der Waals surface area contributed by atoms with Crippen LogP contribution in [0.4, 0.5) is 0 Å². The molecule has 140 valence electrons. The monoisotopic (exact) mass is 363 g/mol. The van der Waals surface area contributed by atoms with Crippen LogP contribution in [-0.2, 0) is 19.4 Å². The maximum Gasteiger partial charge on any atom is 0.253 e. The molecule has 0 saturated heterocycles. The zero-order chi connectivity index (χ0) is 19.0. The van der Waals surface area contributed by atoms with Gasteiger partial charge in [-0.2, -0.15) is 10.2 Å². The van der Waals surface area contributed by atoms with Crippen LogP contribution in [0, 0.1) is 13.8 Å². The minimum Gasteiger partial charge on any atom is -0.336 e. The Labute approximate surface area is 159 Å².